The number of ether oxygens (including phenoxy) is 5. The summed E-state index contributed by atoms with van der Waals surface area (Å²) in [6.07, 6.45) is 14.3. The molecule has 5 heterocycles. The van der Waals surface area contributed by atoms with Crippen molar-refractivity contribution in [3.05, 3.63) is 0 Å². The fourth-order valence-electron chi connectivity index (χ4n) is 15.0. The molecule has 0 radical (unpaired) electrons. The fourth-order valence-corrected chi connectivity index (χ4v) is 15.0. The van der Waals surface area contributed by atoms with Crippen LogP contribution in [0, 0.1) is 57.2 Å². The summed E-state index contributed by atoms with van der Waals surface area (Å²) in [5.41, 5.74) is 1.58. The molecule has 10 rings (SSSR count). The first-order chi connectivity index (χ1) is 25.0. The van der Waals surface area contributed by atoms with E-state index in [2.05, 4.69) is 44.4 Å². The van der Waals surface area contributed by atoms with Gasteiger partial charge in [-0.25, -0.2) is 4.79 Å². The summed E-state index contributed by atoms with van der Waals surface area (Å²) < 4.78 is 32.1. The molecule has 2 spiro atoms. The standard InChI is InChI=1S/C43H69N3O6/c1-27(2)38(52-39(47)45-15-6-16-45)33-9-7-31-34(50-33)19-32-30-8-10-35-40(3,4)36(11-12-43(35)26-42(30,43)14-13-41(31,32)5)51-37-23-44(17-18-49-37)20-28-21-46(22-28)29-24-48-25-29/h27-38H,6-26H2,1-5H3/t30?,31?,32?,33?,34?,35?,36-,37?,38+,41?,42-,43?/m0/s1. The van der Waals surface area contributed by atoms with Gasteiger partial charge in [0.25, 0.3) is 0 Å². The molecule has 5 aliphatic heterocycles. The van der Waals surface area contributed by atoms with Gasteiger partial charge in [-0.1, -0.05) is 34.6 Å². The number of carbonyl (C=O) groups is 1. The van der Waals surface area contributed by atoms with E-state index in [4.69, 9.17) is 23.7 Å². The van der Waals surface area contributed by atoms with Gasteiger partial charge in [-0.3, -0.25) is 9.80 Å². The second kappa shape index (κ2) is 12.8. The predicted molar refractivity (Wildman–Crippen MR) is 198 cm³/mol. The van der Waals surface area contributed by atoms with Crippen molar-refractivity contribution < 1.29 is 28.5 Å². The summed E-state index contributed by atoms with van der Waals surface area (Å²) in [6.45, 7) is 22.1. The van der Waals surface area contributed by atoms with E-state index in [0.717, 1.165) is 82.5 Å². The number of fused-ring (bicyclic) bond motifs is 4. The number of nitrogens with zero attached hydrogens (tertiary/aromatic N) is 3. The molecule has 52 heavy (non-hydrogen) atoms. The van der Waals surface area contributed by atoms with Crippen molar-refractivity contribution in [2.45, 2.75) is 142 Å². The second-order valence-corrected chi connectivity index (χ2v) is 21.0. The Balaban J connectivity index is 0.777. The van der Waals surface area contributed by atoms with Crippen LogP contribution in [-0.4, -0.2) is 123 Å². The van der Waals surface area contributed by atoms with Gasteiger partial charge < -0.3 is 28.6 Å². The zero-order valence-corrected chi connectivity index (χ0v) is 33.1. The lowest BCUT2D eigenvalue weighted by atomic mass is 9.46. The Morgan fingerprint density at radius 2 is 1.69 bits per heavy atom. The zero-order valence-electron chi connectivity index (χ0n) is 33.1. The molecule has 5 saturated carbocycles. The van der Waals surface area contributed by atoms with Crippen LogP contribution in [0.3, 0.4) is 0 Å². The van der Waals surface area contributed by atoms with Crippen molar-refractivity contribution in [3.63, 3.8) is 0 Å². The van der Waals surface area contributed by atoms with Crippen molar-refractivity contribution in [1.82, 2.24) is 14.7 Å². The summed E-state index contributed by atoms with van der Waals surface area (Å²) in [5, 5.41) is 0. The van der Waals surface area contributed by atoms with Crippen LogP contribution in [0.15, 0.2) is 0 Å². The molecule has 10 fully saturated rings. The third-order valence-electron chi connectivity index (χ3n) is 18.0. The number of morpholine rings is 1. The number of carbonyl (C=O) groups excluding carboxylic acids is 1. The lowest BCUT2D eigenvalue weighted by Gasteiger charge is -2.60. The van der Waals surface area contributed by atoms with E-state index in [1.165, 1.54) is 77.4 Å². The first kappa shape index (κ1) is 35.4. The normalized spacial score (nSPS) is 47.8. The molecule has 12 atom stereocenters. The van der Waals surface area contributed by atoms with Crippen molar-refractivity contribution in [2.75, 3.05) is 65.6 Å². The molecule has 5 saturated heterocycles. The van der Waals surface area contributed by atoms with Gasteiger partial charge in [-0.2, -0.15) is 0 Å². The summed E-state index contributed by atoms with van der Waals surface area (Å²) in [4.78, 5) is 19.9. The Labute approximate surface area is 313 Å². The van der Waals surface area contributed by atoms with E-state index in [1.807, 2.05) is 4.90 Å². The molecule has 0 bridgehead atoms. The van der Waals surface area contributed by atoms with Gasteiger partial charge in [0.05, 0.1) is 44.2 Å². The molecule has 5 aliphatic carbocycles. The molecule has 0 aromatic heterocycles. The largest absolute Gasteiger partial charge is 0.443 e. The van der Waals surface area contributed by atoms with Crippen LogP contribution in [0.2, 0.25) is 0 Å². The summed E-state index contributed by atoms with van der Waals surface area (Å²) in [7, 11) is 0. The van der Waals surface area contributed by atoms with Crippen molar-refractivity contribution in [3.8, 4) is 0 Å². The molecule has 0 N–H and O–H groups in total. The van der Waals surface area contributed by atoms with Gasteiger partial charge in [0.2, 0.25) is 0 Å². The van der Waals surface area contributed by atoms with E-state index in [0.29, 0.717) is 34.3 Å². The number of rotatable bonds is 8. The third-order valence-corrected chi connectivity index (χ3v) is 18.0. The van der Waals surface area contributed by atoms with Gasteiger partial charge in [0, 0.05) is 45.8 Å². The van der Waals surface area contributed by atoms with Gasteiger partial charge in [0.1, 0.15) is 6.10 Å². The Hall–Kier alpha value is -0.970. The van der Waals surface area contributed by atoms with Crippen LogP contribution in [-0.2, 0) is 23.7 Å². The Kier molecular flexibility index (Phi) is 8.71. The minimum absolute atomic E-state index is 0.0274. The summed E-state index contributed by atoms with van der Waals surface area (Å²) in [6, 6.07) is 0.675. The first-order valence-electron chi connectivity index (χ1n) is 21.9. The maximum atomic E-state index is 12.9. The molecule has 0 aromatic carbocycles. The summed E-state index contributed by atoms with van der Waals surface area (Å²) in [5.74, 6) is 4.02. The molecular weight excluding hydrogens is 654 g/mol. The number of hydrogen-bond acceptors (Lipinski definition) is 8. The second-order valence-electron chi connectivity index (χ2n) is 21.0. The highest BCUT2D eigenvalue weighted by atomic mass is 16.7. The Bertz CT molecular complexity index is 1360. The molecule has 10 aliphatic rings. The molecule has 9 unspecified atom stereocenters. The van der Waals surface area contributed by atoms with Gasteiger partial charge in [-0.15, -0.1) is 0 Å². The van der Waals surface area contributed by atoms with Crippen LogP contribution >= 0.6 is 0 Å². The molecule has 1 amide bonds. The minimum atomic E-state index is -0.152. The average molecular weight is 724 g/mol. The van der Waals surface area contributed by atoms with Crippen molar-refractivity contribution in [2.24, 2.45) is 57.2 Å². The highest BCUT2D eigenvalue weighted by Gasteiger charge is 2.80. The monoisotopic (exact) mass is 724 g/mol. The minimum Gasteiger partial charge on any atom is -0.443 e. The highest BCUT2D eigenvalue weighted by Crippen LogP contribution is 2.87. The van der Waals surface area contributed by atoms with E-state index < -0.39 is 0 Å². The Morgan fingerprint density at radius 1 is 0.885 bits per heavy atom. The lowest BCUT2D eigenvalue weighted by molar-refractivity contribution is -0.246. The van der Waals surface area contributed by atoms with E-state index in [9.17, 15) is 4.79 Å². The number of hydrogen-bond donors (Lipinski definition) is 0. The summed E-state index contributed by atoms with van der Waals surface area (Å²) >= 11 is 0. The van der Waals surface area contributed by atoms with Crippen molar-refractivity contribution >= 4 is 6.09 Å². The van der Waals surface area contributed by atoms with Gasteiger partial charge >= 0.3 is 6.09 Å². The SMILES string of the molecule is CC(C)[C@@H](OC(=O)N1CCC1)C1CCC2C(CC3C4CCC5C(C)(C)[C@@H](OC6CN(CC7CN(C8COC8)C7)CCO6)CCC56C[C@@]46CCC23C)O1. The molecule has 9 heteroatoms. The molecule has 292 valence electrons. The third kappa shape index (κ3) is 5.38. The van der Waals surface area contributed by atoms with E-state index >= 15 is 0 Å². The predicted octanol–water partition coefficient (Wildman–Crippen LogP) is 6.43. The van der Waals surface area contributed by atoms with Crippen LogP contribution in [0.4, 0.5) is 4.79 Å². The number of amides is 1. The maximum absolute atomic E-state index is 12.9. The van der Waals surface area contributed by atoms with Crippen LogP contribution in [0.5, 0.6) is 0 Å². The lowest BCUT2D eigenvalue weighted by Crippen LogP contribution is -2.61. The quantitative estimate of drug-likeness (QED) is 0.284. The molecule has 9 nitrogen and oxygen atoms in total. The van der Waals surface area contributed by atoms with Crippen LogP contribution in [0.25, 0.3) is 0 Å². The van der Waals surface area contributed by atoms with Gasteiger partial charge in [0.15, 0.2) is 6.29 Å². The Morgan fingerprint density at radius 3 is 2.42 bits per heavy atom. The van der Waals surface area contributed by atoms with Crippen LogP contribution < -0.4 is 0 Å². The van der Waals surface area contributed by atoms with Gasteiger partial charge in [-0.05, 0) is 128 Å². The number of likely N-dealkylation sites (tertiary alicyclic amines) is 2. The van der Waals surface area contributed by atoms with E-state index in [-0.39, 0.29) is 42.0 Å². The zero-order chi connectivity index (χ0) is 35.6. The topological polar surface area (TPSA) is 72.9 Å². The van der Waals surface area contributed by atoms with Crippen molar-refractivity contribution in [1.29, 1.82) is 0 Å². The fraction of sp³-hybridized carbons (Fsp3) is 0.977. The molecular formula is C43H69N3O6. The molecule has 0 aromatic rings. The maximum Gasteiger partial charge on any atom is 0.410 e. The van der Waals surface area contributed by atoms with E-state index in [1.54, 1.807) is 0 Å². The first-order valence-corrected chi connectivity index (χ1v) is 21.9. The smallest absolute Gasteiger partial charge is 0.410 e. The average Bonchev–Trinajstić information content (AvgIpc) is 3.62. The van der Waals surface area contributed by atoms with Crippen LogP contribution in [0.1, 0.15) is 105 Å². The highest BCUT2D eigenvalue weighted by molar-refractivity contribution is 5.68.